The Kier molecular flexibility index (Phi) is 8.00. The van der Waals surface area contributed by atoms with Gasteiger partial charge in [-0.15, -0.1) is 0 Å². The summed E-state index contributed by atoms with van der Waals surface area (Å²) in [4.78, 5) is 10.00. The molecule has 0 unspecified atom stereocenters. The number of fused-ring (bicyclic) bond motifs is 2. The highest BCUT2D eigenvalue weighted by Gasteiger charge is 2.12. The van der Waals surface area contributed by atoms with Crippen molar-refractivity contribution in [1.29, 1.82) is 0 Å². The molecule has 0 atom stereocenters. The smallest absolute Gasteiger partial charge is 0.0547 e. The highest BCUT2D eigenvalue weighted by Crippen LogP contribution is 2.10. The van der Waals surface area contributed by atoms with Crippen LogP contribution in [0.4, 0.5) is 0 Å². The molecular formula is C19H34N4. The van der Waals surface area contributed by atoms with Gasteiger partial charge in [0.05, 0.1) is 11.4 Å². The second-order valence-corrected chi connectivity index (χ2v) is 6.92. The topological polar surface area (TPSA) is 31.4 Å². The van der Waals surface area contributed by atoms with Crippen molar-refractivity contribution in [3.05, 3.63) is 29.6 Å². The monoisotopic (exact) mass is 318 g/mol. The highest BCUT2D eigenvalue weighted by molar-refractivity contribution is 5.11. The first-order valence-electron chi connectivity index (χ1n) is 9.31. The van der Waals surface area contributed by atoms with E-state index >= 15 is 0 Å². The summed E-state index contributed by atoms with van der Waals surface area (Å²) in [7, 11) is 0. The first-order valence-corrected chi connectivity index (χ1v) is 9.31. The largest absolute Gasteiger partial charge is 0.317 e. The minimum absolute atomic E-state index is 0.560. The van der Waals surface area contributed by atoms with Gasteiger partial charge in [-0.1, -0.05) is 13.0 Å². The molecule has 4 heteroatoms. The first kappa shape index (κ1) is 18.4. The van der Waals surface area contributed by atoms with E-state index in [0.717, 1.165) is 45.8 Å². The fourth-order valence-electron chi connectivity index (χ4n) is 3.21. The van der Waals surface area contributed by atoms with Crippen molar-refractivity contribution in [3.8, 4) is 0 Å². The summed E-state index contributed by atoms with van der Waals surface area (Å²) < 4.78 is 0. The molecule has 1 aliphatic heterocycles. The first-order chi connectivity index (χ1) is 11.2. The molecule has 1 aromatic rings. The predicted octanol–water partition coefficient (Wildman–Crippen LogP) is 2.89. The van der Waals surface area contributed by atoms with Gasteiger partial charge in [-0.25, -0.2) is 0 Å². The summed E-state index contributed by atoms with van der Waals surface area (Å²) in [6.07, 6.45) is 3.62. The molecule has 0 aliphatic carbocycles. The normalized spacial score (nSPS) is 19.7. The molecule has 4 nitrogen and oxygen atoms in total. The zero-order valence-electron chi connectivity index (χ0n) is 15.2. The van der Waals surface area contributed by atoms with Gasteiger partial charge in [0.25, 0.3) is 0 Å². The minimum Gasteiger partial charge on any atom is -0.317 e. The van der Waals surface area contributed by atoms with Crippen LogP contribution in [0.5, 0.6) is 0 Å². The molecule has 0 saturated heterocycles. The van der Waals surface area contributed by atoms with Crippen molar-refractivity contribution in [1.82, 2.24) is 20.1 Å². The van der Waals surface area contributed by atoms with Crippen LogP contribution in [0.3, 0.4) is 0 Å². The average molecular weight is 319 g/mol. The fraction of sp³-hybridized carbons (Fsp3) is 0.737. The molecule has 0 fully saturated rings. The Balaban J connectivity index is 2.12. The van der Waals surface area contributed by atoms with Crippen LogP contribution in [-0.2, 0) is 13.1 Å². The third-order valence-corrected chi connectivity index (χ3v) is 4.51. The molecule has 130 valence electrons. The number of nitrogens with one attached hydrogen (secondary N) is 1. The van der Waals surface area contributed by atoms with Crippen LogP contribution in [0, 0.1) is 0 Å². The molecule has 0 amide bonds. The van der Waals surface area contributed by atoms with Gasteiger partial charge in [0.2, 0.25) is 0 Å². The zero-order valence-corrected chi connectivity index (χ0v) is 15.2. The fourth-order valence-corrected chi connectivity index (χ4v) is 3.21. The van der Waals surface area contributed by atoms with E-state index in [0.29, 0.717) is 6.04 Å². The summed E-state index contributed by atoms with van der Waals surface area (Å²) >= 11 is 0. The maximum atomic E-state index is 4.93. The lowest BCUT2D eigenvalue weighted by Crippen LogP contribution is -2.34. The molecule has 2 bridgehead atoms. The SMILES string of the molecule is CCCN1CCCNCCCN(C(C)C)Cc2cccc(n2)C1. The van der Waals surface area contributed by atoms with Crippen molar-refractivity contribution in [2.75, 3.05) is 32.7 Å². The van der Waals surface area contributed by atoms with E-state index in [1.807, 2.05) is 0 Å². The van der Waals surface area contributed by atoms with Gasteiger partial charge in [-0.2, -0.15) is 0 Å². The molecule has 1 aromatic heterocycles. The standard InChI is InChI=1S/C19H34N4/c1-4-12-22-13-6-10-20-11-7-14-23(17(2)3)16-19-9-5-8-18(15-22)21-19/h5,8-9,17,20H,4,6-7,10-16H2,1-3H3. The molecule has 0 radical (unpaired) electrons. The summed E-state index contributed by atoms with van der Waals surface area (Å²) in [6.45, 7) is 14.4. The summed E-state index contributed by atoms with van der Waals surface area (Å²) in [5, 5.41) is 3.60. The molecule has 1 N–H and O–H groups in total. The summed E-state index contributed by atoms with van der Waals surface area (Å²) in [6, 6.07) is 7.08. The lowest BCUT2D eigenvalue weighted by Gasteiger charge is -2.27. The lowest BCUT2D eigenvalue weighted by molar-refractivity contribution is 0.205. The number of pyridine rings is 1. The van der Waals surface area contributed by atoms with Crippen LogP contribution in [0.25, 0.3) is 0 Å². The van der Waals surface area contributed by atoms with Crippen LogP contribution < -0.4 is 5.32 Å². The Hall–Kier alpha value is -0.970. The molecule has 2 heterocycles. The van der Waals surface area contributed by atoms with Crippen LogP contribution in [-0.4, -0.2) is 53.5 Å². The Morgan fingerprint density at radius 1 is 1.09 bits per heavy atom. The lowest BCUT2D eigenvalue weighted by atomic mass is 10.2. The Labute approximate surface area is 142 Å². The van der Waals surface area contributed by atoms with Gasteiger partial charge in [0, 0.05) is 25.7 Å². The van der Waals surface area contributed by atoms with E-state index in [-0.39, 0.29) is 0 Å². The van der Waals surface area contributed by atoms with Gasteiger partial charge < -0.3 is 5.32 Å². The van der Waals surface area contributed by atoms with E-state index < -0.39 is 0 Å². The molecule has 0 saturated carbocycles. The average Bonchev–Trinajstić information content (AvgIpc) is 2.52. The maximum absolute atomic E-state index is 4.93. The quantitative estimate of drug-likeness (QED) is 0.928. The van der Waals surface area contributed by atoms with Crippen molar-refractivity contribution in [2.45, 2.75) is 59.2 Å². The number of nitrogens with zero attached hydrogens (tertiary/aromatic N) is 3. The van der Waals surface area contributed by atoms with E-state index in [1.54, 1.807) is 0 Å². The van der Waals surface area contributed by atoms with Crippen molar-refractivity contribution >= 4 is 0 Å². The maximum Gasteiger partial charge on any atom is 0.0547 e. The second-order valence-electron chi connectivity index (χ2n) is 6.92. The van der Waals surface area contributed by atoms with Crippen LogP contribution in [0.15, 0.2) is 18.2 Å². The van der Waals surface area contributed by atoms with Gasteiger partial charge >= 0.3 is 0 Å². The Morgan fingerprint density at radius 2 is 1.78 bits per heavy atom. The van der Waals surface area contributed by atoms with Crippen molar-refractivity contribution < 1.29 is 0 Å². The number of rotatable bonds is 3. The van der Waals surface area contributed by atoms with Crippen LogP contribution in [0.1, 0.15) is 51.4 Å². The second kappa shape index (κ2) is 10.0. The van der Waals surface area contributed by atoms with Crippen LogP contribution in [0.2, 0.25) is 0 Å². The predicted molar refractivity (Wildman–Crippen MR) is 97.5 cm³/mol. The number of hydrogen-bond acceptors (Lipinski definition) is 4. The van der Waals surface area contributed by atoms with Gasteiger partial charge in [0.15, 0.2) is 0 Å². The van der Waals surface area contributed by atoms with E-state index in [2.05, 4.69) is 54.1 Å². The Bertz CT molecular complexity index is 447. The van der Waals surface area contributed by atoms with E-state index in [4.69, 9.17) is 4.98 Å². The number of hydrogen-bond donors (Lipinski definition) is 1. The zero-order chi connectivity index (χ0) is 16.5. The highest BCUT2D eigenvalue weighted by atomic mass is 15.2. The Morgan fingerprint density at radius 3 is 2.48 bits per heavy atom. The van der Waals surface area contributed by atoms with Crippen molar-refractivity contribution in [3.63, 3.8) is 0 Å². The summed E-state index contributed by atoms with van der Waals surface area (Å²) in [5.41, 5.74) is 2.42. The third-order valence-electron chi connectivity index (χ3n) is 4.51. The summed E-state index contributed by atoms with van der Waals surface area (Å²) in [5.74, 6) is 0. The van der Waals surface area contributed by atoms with Gasteiger partial charge in [-0.05, 0) is 71.4 Å². The molecule has 23 heavy (non-hydrogen) atoms. The molecule has 0 aromatic carbocycles. The third kappa shape index (κ3) is 6.58. The molecule has 2 rings (SSSR count). The molecule has 1 aliphatic rings. The number of aromatic nitrogens is 1. The molecular weight excluding hydrogens is 284 g/mol. The minimum atomic E-state index is 0.560. The van der Waals surface area contributed by atoms with Crippen LogP contribution >= 0.6 is 0 Å². The van der Waals surface area contributed by atoms with Gasteiger partial charge in [0.1, 0.15) is 0 Å². The van der Waals surface area contributed by atoms with Gasteiger partial charge in [-0.3, -0.25) is 14.8 Å². The van der Waals surface area contributed by atoms with Crippen molar-refractivity contribution in [2.24, 2.45) is 0 Å². The van der Waals surface area contributed by atoms with E-state index in [9.17, 15) is 0 Å². The molecule has 0 spiro atoms. The van der Waals surface area contributed by atoms with E-state index in [1.165, 1.54) is 30.7 Å².